The molecule has 0 aliphatic rings. The van der Waals surface area contributed by atoms with E-state index in [2.05, 4.69) is 4.98 Å². The van der Waals surface area contributed by atoms with Gasteiger partial charge in [-0.25, -0.2) is 4.98 Å². The predicted molar refractivity (Wildman–Crippen MR) is 65.6 cm³/mol. The topological polar surface area (TPSA) is 44.1 Å². The summed E-state index contributed by atoms with van der Waals surface area (Å²) in [4.78, 5) is 15.8. The van der Waals surface area contributed by atoms with Crippen LogP contribution >= 0.6 is 11.6 Å². The molecule has 0 aliphatic heterocycles. The average Bonchev–Trinajstić information content (AvgIpc) is 2.35. The van der Waals surface area contributed by atoms with E-state index in [0.717, 1.165) is 5.56 Å². The summed E-state index contributed by atoms with van der Waals surface area (Å²) in [5.74, 6) is 0.0742. The van der Waals surface area contributed by atoms with Crippen molar-refractivity contribution in [1.82, 2.24) is 9.55 Å². The second kappa shape index (κ2) is 5.01. The lowest BCUT2D eigenvalue weighted by Crippen LogP contribution is -2.22. The van der Waals surface area contributed by atoms with Gasteiger partial charge < -0.3 is 4.74 Å². The first kappa shape index (κ1) is 11.7. The molecule has 5 heteroatoms. The van der Waals surface area contributed by atoms with Gasteiger partial charge in [0.05, 0.1) is 20.0 Å². The number of ether oxygens (including phenoxy) is 1. The molecule has 2 rings (SSSR count). The lowest BCUT2D eigenvalue weighted by molar-refractivity contribution is 0.401. The molecule has 0 bridgehead atoms. The molecule has 88 valence electrons. The highest BCUT2D eigenvalue weighted by Crippen LogP contribution is 2.15. The first-order valence-electron chi connectivity index (χ1n) is 5.05. The largest absolute Gasteiger partial charge is 0.489 e. The number of methoxy groups -OCH3 is 1. The van der Waals surface area contributed by atoms with E-state index in [0.29, 0.717) is 6.54 Å². The van der Waals surface area contributed by atoms with Gasteiger partial charge in [-0.1, -0.05) is 41.9 Å². The Bertz CT molecular complexity index is 566. The minimum absolute atomic E-state index is 0.0742. The lowest BCUT2D eigenvalue weighted by Gasteiger charge is -2.07. The van der Waals surface area contributed by atoms with Crippen LogP contribution in [0.2, 0.25) is 5.15 Å². The van der Waals surface area contributed by atoms with Crippen molar-refractivity contribution in [3.8, 4) is 5.75 Å². The molecule has 0 N–H and O–H groups in total. The zero-order valence-corrected chi connectivity index (χ0v) is 10.0. The fraction of sp³-hybridized carbons (Fsp3) is 0.167. The van der Waals surface area contributed by atoms with Crippen LogP contribution in [0.15, 0.2) is 41.5 Å². The van der Waals surface area contributed by atoms with Gasteiger partial charge in [-0.05, 0) is 5.56 Å². The van der Waals surface area contributed by atoms with Crippen LogP contribution in [0.5, 0.6) is 5.75 Å². The van der Waals surface area contributed by atoms with Crippen LogP contribution in [0.1, 0.15) is 5.56 Å². The zero-order valence-electron chi connectivity index (χ0n) is 9.26. The molecule has 0 saturated heterocycles. The molecular weight excluding hydrogens is 240 g/mol. The number of halogens is 1. The predicted octanol–water partition coefficient (Wildman–Crippen LogP) is 1.95. The van der Waals surface area contributed by atoms with E-state index < -0.39 is 0 Å². The van der Waals surface area contributed by atoms with Gasteiger partial charge in [-0.15, -0.1) is 0 Å². The maximum atomic E-state index is 11.9. The van der Waals surface area contributed by atoms with Gasteiger partial charge in [-0.3, -0.25) is 9.36 Å². The highest BCUT2D eigenvalue weighted by Gasteiger charge is 2.10. The number of aromatic nitrogens is 2. The minimum Gasteiger partial charge on any atom is -0.489 e. The average molecular weight is 251 g/mol. The van der Waals surface area contributed by atoms with E-state index in [1.165, 1.54) is 18.0 Å². The number of nitrogens with zero attached hydrogens (tertiary/aromatic N) is 2. The molecule has 0 saturated carbocycles. The monoisotopic (exact) mass is 250 g/mol. The molecule has 0 fully saturated rings. The summed E-state index contributed by atoms with van der Waals surface area (Å²) >= 11 is 5.76. The fourth-order valence-electron chi connectivity index (χ4n) is 1.51. The van der Waals surface area contributed by atoms with Crippen LogP contribution in [-0.4, -0.2) is 16.7 Å². The van der Waals surface area contributed by atoms with Crippen molar-refractivity contribution in [2.75, 3.05) is 7.11 Å². The first-order chi connectivity index (χ1) is 8.22. The van der Waals surface area contributed by atoms with E-state index in [9.17, 15) is 4.79 Å². The van der Waals surface area contributed by atoms with Crippen molar-refractivity contribution in [3.05, 3.63) is 57.7 Å². The van der Waals surface area contributed by atoms with Gasteiger partial charge in [0.25, 0.3) is 5.56 Å². The Labute approximate surface area is 103 Å². The summed E-state index contributed by atoms with van der Waals surface area (Å²) in [6.45, 7) is 0.445. The second-order valence-electron chi connectivity index (χ2n) is 3.49. The van der Waals surface area contributed by atoms with Gasteiger partial charge in [-0.2, -0.15) is 0 Å². The molecular formula is C12H11ClN2O2. The quantitative estimate of drug-likeness (QED) is 0.782. The third-order valence-electron chi connectivity index (χ3n) is 2.35. The van der Waals surface area contributed by atoms with Crippen molar-refractivity contribution < 1.29 is 4.74 Å². The third kappa shape index (κ3) is 2.47. The van der Waals surface area contributed by atoms with Crippen LogP contribution in [0.4, 0.5) is 0 Å². The van der Waals surface area contributed by atoms with E-state index in [4.69, 9.17) is 16.3 Å². The summed E-state index contributed by atoms with van der Waals surface area (Å²) < 4.78 is 6.38. The molecule has 4 nitrogen and oxygen atoms in total. The zero-order chi connectivity index (χ0) is 12.3. The first-order valence-corrected chi connectivity index (χ1v) is 5.43. The van der Waals surface area contributed by atoms with Crippen LogP contribution < -0.4 is 10.3 Å². The van der Waals surface area contributed by atoms with Crippen LogP contribution in [0, 0.1) is 0 Å². The van der Waals surface area contributed by atoms with Crippen molar-refractivity contribution >= 4 is 11.6 Å². The van der Waals surface area contributed by atoms with Crippen LogP contribution in [-0.2, 0) is 6.54 Å². The Kier molecular flexibility index (Phi) is 3.44. The highest BCUT2D eigenvalue weighted by atomic mass is 35.5. The van der Waals surface area contributed by atoms with Crippen LogP contribution in [0.25, 0.3) is 0 Å². The Balaban J connectivity index is 2.38. The molecule has 1 aromatic heterocycles. The lowest BCUT2D eigenvalue weighted by atomic mass is 10.2. The molecule has 0 spiro atoms. The summed E-state index contributed by atoms with van der Waals surface area (Å²) in [5.41, 5.74) is 0.733. The third-order valence-corrected chi connectivity index (χ3v) is 2.62. The molecule has 0 radical (unpaired) electrons. The molecule has 1 heterocycles. The Morgan fingerprint density at radius 3 is 2.71 bits per heavy atom. The molecule has 2 aromatic rings. The summed E-state index contributed by atoms with van der Waals surface area (Å²) in [6.07, 6.45) is 1.42. The SMILES string of the molecule is COc1c(Cl)ncn(Cc2ccccc2)c1=O. The van der Waals surface area contributed by atoms with Gasteiger partial charge in [0.15, 0.2) is 5.15 Å². The van der Waals surface area contributed by atoms with Gasteiger partial charge in [0.1, 0.15) is 0 Å². The van der Waals surface area contributed by atoms with E-state index >= 15 is 0 Å². The fourth-order valence-corrected chi connectivity index (χ4v) is 1.72. The minimum atomic E-state index is -0.281. The number of hydrogen-bond acceptors (Lipinski definition) is 3. The second-order valence-corrected chi connectivity index (χ2v) is 3.85. The van der Waals surface area contributed by atoms with Crippen molar-refractivity contribution in [2.45, 2.75) is 6.54 Å². The summed E-state index contributed by atoms with van der Waals surface area (Å²) in [6, 6.07) is 9.63. The molecule has 0 unspecified atom stereocenters. The number of benzene rings is 1. The molecule has 0 amide bonds. The normalized spacial score (nSPS) is 10.2. The Hall–Kier alpha value is -1.81. The smallest absolute Gasteiger partial charge is 0.297 e. The summed E-state index contributed by atoms with van der Waals surface area (Å²) in [7, 11) is 1.40. The standard InChI is InChI=1S/C12H11ClN2O2/c1-17-10-11(13)14-8-15(12(10)16)7-9-5-3-2-4-6-9/h2-6,8H,7H2,1H3. The van der Waals surface area contributed by atoms with Crippen molar-refractivity contribution in [3.63, 3.8) is 0 Å². The highest BCUT2D eigenvalue weighted by molar-refractivity contribution is 6.30. The molecule has 17 heavy (non-hydrogen) atoms. The van der Waals surface area contributed by atoms with Crippen molar-refractivity contribution in [1.29, 1.82) is 0 Å². The maximum absolute atomic E-state index is 11.9. The van der Waals surface area contributed by atoms with Crippen molar-refractivity contribution in [2.24, 2.45) is 0 Å². The Morgan fingerprint density at radius 1 is 1.35 bits per heavy atom. The Morgan fingerprint density at radius 2 is 2.06 bits per heavy atom. The number of rotatable bonds is 3. The maximum Gasteiger partial charge on any atom is 0.297 e. The van der Waals surface area contributed by atoms with E-state index in [-0.39, 0.29) is 16.5 Å². The van der Waals surface area contributed by atoms with Gasteiger partial charge in [0.2, 0.25) is 5.75 Å². The summed E-state index contributed by atoms with van der Waals surface area (Å²) in [5, 5.41) is 0.0850. The molecule has 1 aromatic carbocycles. The van der Waals surface area contributed by atoms with E-state index in [1.807, 2.05) is 30.3 Å². The van der Waals surface area contributed by atoms with E-state index in [1.54, 1.807) is 0 Å². The van der Waals surface area contributed by atoms with Crippen LogP contribution in [0.3, 0.4) is 0 Å². The molecule has 0 atom stereocenters. The number of hydrogen-bond donors (Lipinski definition) is 0. The van der Waals surface area contributed by atoms with Gasteiger partial charge in [0, 0.05) is 0 Å². The van der Waals surface area contributed by atoms with Gasteiger partial charge >= 0.3 is 0 Å². The molecule has 0 aliphatic carbocycles.